The number of aryl methyl sites for hydroxylation is 2. The summed E-state index contributed by atoms with van der Waals surface area (Å²) < 4.78 is 1.86. The van der Waals surface area contributed by atoms with Gasteiger partial charge < -0.3 is 0 Å². The maximum atomic E-state index is 9.61. The Labute approximate surface area is 190 Å². The average molecular weight is 424 g/mol. The molecule has 0 aliphatic heterocycles. The molecule has 0 N–H and O–H groups in total. The molecule has 33 heavy (non-hydrogen) atoms. The Balaban J connectivity index is 1.89. The van der Waals surface area contributed by atoms with Gasteiger partial charge in [0, 0.05) is 22.8 Å². The summed E-state index contributed by atoms with van der Waals surface area (Å²) in [4.78, 5) is 13.6. The summed E-state index contributed by atoms with van der Waals surface area (Å²) in [5.74, 6) is 3.05. The van der Waals surface area contributed by atoms with Crippen molar-refractivity contribution in [2.45, 2.75) is 13.8 Å². The highest BCUT2D eigenvalue weighted by molar-refractivity contribution is 6.05. The lowest BCUT2D eigenvalue weighted by atomic mass is 10.0. The molecule has 0 bridgehead atoms. The Hall–Kier alpha value is -4.99. The topological polar surface area (TPSA) is 91.2 Å². The van der Waals surface area contributed by atoms with Crippen LogP contribution in [0, 0.1) is 48.9 Å². The molecule has 2 aromatic carbocycles. The molecule has 0 spiro atoms. The number of aromatic nitrogens is 4. The van der Waals surface area contributed by atoms with Crippen LogP contribution in [0.1, 0.15) is 28.2 Å². The number of rotatable bonds is 2. The van der Waals surface area contributed by atoms with Crippen molar-refractivity contribution in [1.82, 2.24) is 19.5 Å². The smallest absolute Gasteiger partial charge is 0.190 e. The van der Waals surface area contributed by atoms with Gasteiger partial charge in [-0.1, -0.05) is 12.1 Å². The van der Waals surface area contributed by atoms with Crippen LogP contribution >= 0.6 is 0 Å². The maximum absolute atomic E-state index is 9.61. The molecule has 0 aliphatic rings. The summed E-state index contributed by atoms with van der Waals surface area (Å²) in [7, 11) is 0. The van der Waals surface area contributed by atoms with E-state index in [1.165, 1.54) is 0 Å². The minimum absolute atomic E-state index is 0.294. The third-order valence-corrected chi connectivity index (χ3v) is 5.74. The van der Waals surface area contributed by atoms with Gasteiger partial charge in [-0.25, -0.2) is 4.98 Å². The van der Waals surface area contributed by atoms with Crippen molar-refractivity contribution in [2.24, 2.45) is 0 Å². The van der Waals surface area contributed by atoms with Gasteiger partial charge in [0.2, 0.25) is 0 Å². The number of pyridine rings is 2. The van der Waals surface area contributed by atoms with E-state index in [9.17, 15) is 10.5 Å². The third-order valence-electron chi connectivity index (χ3n) is 5.74. The van der Waals surface area contributed by atoms with Gasteiger partial charge in [-0.15, -0.1) is 6.42 Å². The summed E-state index contributed by atoms with van der Waals surface area (Å²) in [5.41, 5.74) is 7.22. The van der Waals surface area contributed by atoms with Gasteiger partial charge in [-0.05, 0) is 61.2 Å². The molecular weight excluding hydrogens is 408 g/mol. The molecule has 0 aliphatic carbocycles. The Kier molecular flexibility index (Phi) is 4.60. The molecule has 5 rings (SSSR count). The van der Waals surface area contributed by atoms with Crippen molar-refractivity contribution in [2.75, 3.05) is 0 Å². The number of hydrogen-bond donors (Lipinski definition) is 0. The number of nitriles is 2. The highest BCUT2D eigenvalue weighted by Crippen LogP contribution is 2.32. The number of benzene rings is 2. The molecular formula is C27H16N6. The zero-order valence-corrected chi connectivity index (χ0v) is 18.0. The second kappa shape index (κ2) is 7.61. The second-order valence-corrected chi connectivity index (χ2v) is 7.68. The second-order valence-electron chi connectivity index (χ2n) is 7.68. The predicted molar refractivity (Wildman–Crippen MR) is 126 cm³/mol. The van der Waals surface area contributed by atoms with Crippen molar-refractivity contribution >= 4 is 21.9 Å². The van der Waals surface area contributed by atoms with Gasteiger partial charge >= 0.3 is 0 Å². The maximum Gasteiger partial charge on any atom is 0.190 e. The molecule has 0 fully saturated rings. The van der Waals surface area contributed by atoms with Gasteiger partial charge in [0.25, 0.3) is 0 Å². The largest absolute Gasteiger partial charge is 0.285 e. The zero-order chi connectivity index (χ0) is 23.1. The number of imidazole rings is 1. The first-order chi connectivity index (χ1) is 16.0. The van der Waals surface area contributed by atoms with E-state index in [0.717, 1.165) is 33.2 Å². The van der Waals surface area contributed by atoms with E-state index in [0.29, 0.717) is 33.7 Å². The molecule has 6 heteroatoms. The van der Waals surface area contributed by atoms with E-state index in [2.05, 4.69) is 39.1 Å². The SMILES string of the molecule is C#Cc1nc2cnc3ccc(-c4cccnc4C)cc3c2n1-c1cc(C)c(C#N)c(C#N)c1. The van der Waals surface area contributed by atoms with Crippen LogP contribution in [-0.2, 0) is 0 Å². The van der Waals surface area contributed by atoms with Gasteiger partial charge in [-0.2, -0.15) is 10.5 Å². The van der Waals surface area contributed by atoms with E-state index in [1.54, 1.807) is 25.4 Å². The van der Waals surface area contributed by atoms with Crippen molar-refractivity contribution in [3.05, 3.63) is 83.1 Å². The number of hydrogen-bond acceptors (Lipinski definition) is 5. The van der Waals surface area contributed by atoms with Crippen LogP contribution in [0.3, 0.4) is 0 Å². The summed E-state index contributed by atoms with van der Waals surface area (Å²) in [6.45, 7) is 3.78. The molecule has 0 amide bonds. The average Bonchev–Trinajstić information content (AvgIpc) is 3.22. The van der Waals surface area contributed by atoms with Crippen LogP contribution in [0.25, 0.3) is 38.8 Å². The van der Waals surface area contributed by atoms with Gasteiger partial charge in [0.05, 0.1) is 34.0 Å². The molecule has 6 nitrogen and oxygen atoms in total. The van der Waals surface area contributed by atoms with Crippen molar-refractivity contribution in [1.29, 1.82) is 10.5 Å². The fourth-order valence-corrected chi connectivity index (χ4v) is 4.19. The van der Waals surface area contributed by atoms with Gasteiger partial charge in [-0.3, -0.25) is 14.5 Å². The molecule has 3 aromatic heterocycles. The Morgan fingerprint density at radius 2 is 1.82 bits per heavy atom. The monoisotopic (exact) mass is 424 g/mol. The van der Waals surface area contributed by atoms with Crippen molar-refractivity contribution in [3.8, 4) is 41.3 Å². The quantitative estimate of drug-likeness (QED) is 0.373. The molecule has 5 aromatic rings. The van der Waals surface area contributed by atoms with Crippen LogP contribution in [0.4, 0.5) is 0 Å². The van der Waals surface area contributed by atoms with E-state index >= 15 is 0 Å². The van der Waals surface area contributed by atoms with Crippen molar-refractivity contribution < 1.29 is 0 Å². The van der Waals surface area contributed by atoms with E-state index < -0.39 is 0 Å². The van der Waals surface area contributed by atoms with Crippen LogP contribution in [0.15, 0.2) is 54.9 Å². The summed E-state index contributed by atoms with van der Waals surface area (Å²) in [5, 5.41) is 20.0. The lowest BCUT2D eigenvalue weighted by Gasteiger charge is -2.12. The Morgan fingerprint density at radius 3 is 2.55 bits per heavy atom. The lowest BCUT2D eigenvalue weighted by Crippen LogP contribution is -2.02. The predicted octanol–water partition coefficient (Wildman–Crippen LogP) is 4.98. The highest BCUT2D eigenvalue weighted by Gasteiger charge is 2.18. The number of fused-ring (bicyclic) bond motifs is 3. The molecule has 0 atom stereocenters. The minimum Gasteiger partial charge on any atom is -0.285 e. The first kappa shape index (κ1) is 19.9. The fraction of sp³-hybridized carbons (Fsp3) is 0.0741. The highest BCUT2D eigenvalue weighted by atomic mass is 15.1. The Bertz CT molecular complexity index is 1720. The minimum atomic E-state index is 0.294. The van der Waals surface area contributed by atoms with Crippen LogP contribution < -0.4 is 0 Å². The molecule has 0 saturated heterocycles. The molecule has 3 heterocycles. The first-order valence-electron chi connectivity index (χ1n) is 10.2. The van der Waals surface area contributed by atoms with Crippen LogP contribution in [-0.4, -0.2) is 19.5 Å². The van der Waals surface area contributed by atoms with Crippen LogP contribution in [0.5, 0.6) is 0 Å². The first-order valence-corrected chi connectivity index (χ1v) is 10.2. The van der Waals surface area contributed by atoms with Crippen LogP contribution in [0.2, 0.25) is 0 Å². The number of terminal acetylenes is 1. The molecule has 0 unspecified atom stereocenters. The van der Waals surface area contributed by atoms with Gasteiger partial charge in [0.15, 0.2) is 5.82 Å². The molecule has 154 valence electrons. The van der Waals surface area contributed by atoms with Crippen molar-refractivity contribution in [3.63, 3.8) is 0 Å². The number of nitrogens with zero attached hydrogens (tertiary/aromatic N) is 6. The van der Waals surface area contributed by atoms with E-state index in [-0.39, 0.29) is 0 Å². The van der Waals surface area contributed by atoms with E-state index in [4.69, 9.17) is 6.42 Å². The van der Waals surface area contributed by atoms with E-state index in [1.807, 2.05) is 41.8 Å². The normalized spacial score (nSPS) is 10.6. The lowest BCUT2D eigenvalue weighted by molar-refractivity contribution is 1.06. The summed E-state index contributed by atoms with van der Waals surface area (Å²) >= 11 is 0. The molecule has 0 saturated carbocycles. The fourth-order valence-electron chi connectivity index (χ4n) is 4.19. The third kappa shape index (κ3) is 3.08. The molecule has 0 radical (unpaired) electrons. The van der Waals surface area contributed by atoms with Gasteiger partial charge in [0.1, 0.15) is 17.7 Å². The summed E-state index contributed by atoms with van der Waals surface area (Å²) in [6.07, 6.45) is 9.29. The standard InChI is InChI=1S/C27H16N6/c1-4-26-32-25-15-31-24-8-7-18(21-6-5-9-30-17(21)3)12-22(24)27(25)33(26)20-10-16(2)23(14-29)19(11-20)13-28/h1,5-12,15H,2-3H3. The summed E-state index contributed by atoms with van der Waals surface area (Å²) in [6, 6.07) is 17.8. The Morgan fingerprint density at radius 1 is 0.970 bits per heavy atom. The zero-order valence-electron chi connectivity index (χ0n) is 18.0.